The minimum atomic E-state index is -0.571. The smallest absolute Gasteiger partial charge is 0.165 e. The lowest BCUT2D eigenvalue weighted by Crippen LogP contribution is -2.01. The maximum Gasteiger partial charge on any atom is 0.165 e. The molecule has 96 valence electrons. The first-order valence-corrected chi connectivity index (χ1v) is 6.48. The zero-order valence-corrected chi connectivity index (χ0v) is 10.4. The van der Waals surface area contributed by atoms with E-state index in [4.69, 9.17) is 5.73 Å². The van der Waals surface area contributed by atoms with Gasteiger partial charge in [-0.2, -0.15) is 0 Å². The van der Waals surface area contributed by atoms with Gasteiger partial charge in [-0.3, -0.25) is 0 Å². The van der Waals surface area contributed by atoms with Crippen molar-refractivity contribution in [1.29, 1.82) is 0 Å². The molecule has 3 nitrogen and oxygen atoms in total. The van der Waals surface area contributed by atoms with Gasteiger partial charge in [0, 0.05) is 31.0 Å². The fourth-order valence-corrected chi connectivity index (χ4v) is 2.22. The number of benzene rings is 1. The zero-order valence-electron chi connectivity index (χ0n) is 9.62. The Morgan fingerprint density at radius 3 is 2.61 bits per heavy atom. The first-order valence-electron chi connectivity index (χ1n) is 5.49. The number of halogens is 2. The van der Waals surface area contributed by atoms with Gasteiger partial charge in [0.25, 0.3) is 0 Å². The summed E-state index contributed by atoms with van der Waals surface area (Å²) in [5.74, 6) is -0.363. The number of imidazole rings is 1. The lowest BCUT2D eigenvalue weighted by atomic mass is 10.1. The molecule has 6 heteroatoms. The highest BCUT2D eigenvalue weighted by Gasteiger charge is 2.05. The van der Waals surface area contributed by atoms with E-state index in [2.05, 4.69) is 9.97 Å². The van der Waals surface area contributed by atoms with Crippen molar-refractivity contribution in [2.45, 2.75) is 11.6 Å². The number of aromatic nitrogens is 2. The third-order valence-electron chi connectivity index (χ3n) is 2.27. The molecule has 0 radical (unpaired) electrons. The number of thioether (sulfide) groups is 1. The summed E-state index contributed by atoms with van der Waals surface area (Å²) in [7, 11) is 0. The Balaban J connectivity index is 2.06. The van der Waals surface area contributed by atoms with E-state index >= 15 is 0 Å². The summed E-state index contributed by atoms with van der Waals surface area (Å²) in [6.45, 7) is 0.579. The number of aromatic amines is 1. The van der Waals surface area contributed by atoms with Crippen LogP contribution in [0.5, 0.6) is 0 Å². The molecule has 0 atom stereocenters. The molecule has 0 aliphatic carbocycles. The van der Waals surface area contributed by atoms with Gasteiger partial charge in [0.15, 0.2) is 5.16 Å². The van der Waals surface area contributed by atoms with E-state index in [-0.39, 0.29) is 0 Å². The van der Waals surface area contributed by atoms with Crippen LogP contribution in [0.15, 0.2) is 29.6 Å². The topological polar surface area (TPSA) is 54.7 Å². The Hall–Kier alpha value is -1.40. The van der Waals surface area contributed by atoms with Gasteiger partial charge in [-0.1, -0.05) is 11.8 Å². The molecule has 2 aromatic rings. The van der Waals surface area contributed by atoms with Crippen molar-refractivity contribution in [2.75, 3.05) is 12.3 Å². The molecular formula is C12H13F2N3S. The number of H-pyrrole nitrogens is 1. The number of rotatable bonds is 5. The molecule has 1 heterocycles. The Labute approximate surface area is 108 Å². The predicted octanol–water partition coefficient (Wildman–Crippen LogP) is 2.33. The average Bonchev–Trinajstić information content (AvgIpc) is 2.72. The molecule has 0 unspecified atom stereocenters. The second-order valence-corrected chi connectivity index (χ2v) is 4.87. The van der Waals surface area contributed by atoms with Gasteiger partial charge in [0.2, 0.25) is 0 Å². The SMILES string of the molecule is NCCSc1nc(Cc2cc(F)cc(F)c2)c[nH]1. The first-order chi connectivity index (χ1) is 8.67. The quantitative estimate of drug-likeness (QED) is 0.819. The number of hydrogen-bond donors (Lipinski definition) is 2. The molecule has 3 N–H and O–H groups in total. The Bertz CT molecular complexity index is 508. The van der Waals surface area contributed by atoms with Crippen molar-refractivity contribution < 1.29 is 8.78 Å². The van der Waals surface area contributed by atoms with Gasteiger partial charge in [-0.15, -0.1) is 0 Å². The molecule has 0 fully saturated rings. The van der Waals surface area contributed by atoms with Crippen LogP contribution in [-0.2, 0) is 6.42 Å². The van der Waals surface area contributed by atoms with Crippen molar-refractivity contribution in [3.05, 3.63) is 47.3 Å². The first kappa shape index (κ1) is 13.0. The van der Waals surface area contributed by atoms with Crippen LogP contribution in [0.4, 0.5) is 8.78 Å². The van der Waals surface area contributed by atoms with Crippen LogP contribution >= 0.6 is 11.8 Å². The third kappa shape index (κ3) is 3.54. The molecule has 0 amide bonds. The highest BCUT2D eigenvalue weighted by Crippen LogP contribution is 2.16. The van der Waals surface area contributed by atoms with Crippen LogP contribution < -0.4 is 5.73 Å². The van der Waals surface area contributed by atoms with Crippen LogP contribution in [0.25, 0.3) is 0 Å². The molecule has 2 rings (SSSR count). The van der Waals surface area contributed by atoms with Crippen molar-refractivity contribution in [3.8, 4) is 0 Å². The minimum absolute atomic E-state index is 0.397. The number of nitrogens with zero attached hydrogens (tertiary/aromatic N) is 1. The predicted molar refractivity (Wildman–Crippen MR) is 67.5 cm³/mol. The second kappa shape index (κ2) is 5.97. The van der Waals surface area contributed by atoms with Gasteiger partial charge in [-0.05, 0) is 17.7 Å². The fourth-order valence-electron chi connectivity index (χ4n) is 1.58. The van der Waals surface area contributed by atoms with E-state index in [0.29, 0.717) is 18.5 Å². The molecule has 0 bridgehead atoms. The Morgan fingerprint density at radius 1 is 1.22 bits per heavy atom. The second-order valence-electron chi connectivity index (χ2n) is 3.79. The summed E-state index contributed by atoms with van der Waals surface area (Å²) in [6, 6.07) is 3.48. The van der Waals surface area contributed by atoms with E-state index < -0.39 is 11.6 Å². The maximum absolute atomic E-state index is 13.0. The summed E-state index contributed by atoms with van der Waals surface area (Å²) in [6.07, 6.45) is 2.13. The van der Waals surface area contributed by atoms with E-state index in [9.17, 15) is 8.78 Å². The molecule has 18 heavy (non-hydrogen) atoms. The molecule has 0 saturated carbocycles. The normalized spacial score (nSPS) is 10.8. The van der Waals surface area contributed by atoms with Crippen molar-refractivity contribution >= 4 is 11.8 Å². The molecule has 0 aliphatic rings. The fraction of sp³-hybridized carbons (Fsp3) is 0.250. The van der Waals surface area contributed by atoms with E-state index in [0.717, 1.165) is 22.7 Å². The highest BCUT2D eigenvalue weighted by atomic mass is 32.2. The zero-order chi connectivity index (χ0) is 13.0. The summed E-state index contributed by atoms with van der Waals surface area (Å²) in [4.78, 5) is 7.31. The van der Waals surface area contributed by atoms with Crippen LogP contribution in [0, 0.1) is 11.6 Å². The van der Waals surface area contributed by atoms with Crippen LogP contribution in [0.2, 0.25) is 0 Å². The van der Waals surface area contributed by atoms with Crippen molar-refractivity contribution in [1.82, 2.24) is 9.97 Å². The summed E-state index contributed by atoms with van der Waals surface area (Å²) >= 11 is 1.52. The lowest BCUT2D eigenvalue weighted by Gasteiger charge is -1.99. The number of nitrogens with two attached hydrogens (primary N) is 1. The Morgan fingerprint density at radius 2 is 1.94 bits per heavy atom. The lowest BCUT2D eigenvalue weighted by molar-refractivity contribution is 0.580. The van der Waals surface area contributed by atoms with E-state index in [1.165, 1.54) is 23.9 Å². The third-order valence-corrected chi connectivity index (χ3v) is 3.19. The standard InChI is InChI=1S/C12H13F2N3S/c13-9-3-8(4-10(14)6-9)5-11-7-16-12(17-11)18-2-1-15/h3-4,6-7H,1-2,5,15H2,(H,16,17). The maximum atomic E-state index is 13.0. The van der Waals surface area contributed by atoms with Crippen molar-refractivity contribution in [2.24, 2.45) is 5.73 Å². The minimum Gasteiger partial charge on any atom is -0.339 e. The molecular weight excluding hydrogens is 256 g/mol. The summed E-state index contributed by atoms with van der Waals surface area (Å²) in [5, 5.41) is 0.771. The van der Waals surface area contributed by atoms with E-state index in [1.54, 1.807) is 6.20 Å². The van der Waals surface area contributed by atoms with Gasteiger partial charge in [0.05, 0.1) is 5.69 Å². The van der Waals surface area contributed by atoms with Crippen LogP contribution in [0.3, 0.4) is 0 Å². The Kier molecular flexibility index (Phi) is 4.33. The molecule has 1 aromatic heterocycles. The number of hydrogen-bond acceptors (Lipinski definition) is 3. The monoisotopic (exact) mass is 269 g/mol. The molecule has 1 aromatic carbocycles. The molecule has 0 spiro atoms. The molecule has 0 aliphatic heterocycles. The number of nitrogens with one attached hydrogen (secondary N) is 1. The van der Waals surface area contributed by atoms with Crippen molar-refractivity contribution in [3.63, 3.8) is 0 Å². The average molecular weight is 269 g/mol. The highest BCUT2D eigenvalue weighted by molar-refractivity contribution is 7.99. The van der Waals surface area contributed by atoms with E-state index in [1.807, 2.05) is 0 Å². The van der Waals surface area contributed by atoms with Gasteiger partial charge < -0.3 is 10.7 Å². The summed E-state index contributed by atoms with van der Waals surface area (Å²) < 4.78 is 26.0. The van der Waals surface area contributed by atoms with Gasteiger partial charge >= 0.3 is 0 Å². The molecule has 0 saturated heterocycles. The summed E-state index contributed by atoms with van der Waals surface area (Å²) in [5.41, 5.74) is 6.71. The van der Waals surface area contributed by atoms with Gasteiger partial charge in [-0.25, -0.2) is 13.8 Å². The van der Waals surface area contributed by atoms with Crippen LogP contribution in [-0.4, -0.2) is 22.3 Å². The van der Waals surface area contributed by atoms with Crippen LogP contribution in [0.1, 0.15) is 11.3 Å². The largest absolute Gasteiger partial charge is 0.339 e. The van der Waals surface area contributed by atoms with Gasteiger partial charge in [0.1, 0.15) is 11.6 Å².